The van der Waals surface area contributed by atoms with E-state index in [9.17, 15) is 22.9 Å². The number of nitroso groups, excluding NO2 is 1. The molecule has 12 heteroatoms. The summed E-state index contributed by atoms with van der Waals surface area (Å²) in [6, 6.07) is 5.59. The Kier molecular flexibility index (Phi) is 8.61. The molecule has 0 bridgehead atoms. The maximum Gasteiger partial charge on any atom is 0.411 e. The van der Waals surface area contributed by atoms with E-state index in [1.807, 2.05) is 30.7 Å². The first-order valence-corrected chi connectivity index (χ1v) is 15.0. The van der Waals surface area contributed by atoms with E-state index in [2.05, 4.69) is 10.1 Å². The Morgan fingerprint density at radius 2 is 1.66 bits per heavy atom. The fourth-order valence-corrected chi connectivity index (χ4v) is 7.91. The molecule has 0 aliphatic carbocycles. The molecular weight excluding hydrogens is 510 g/mol. The van der Waals surface area contributed by atoms with Gasteiger partial charge in [0.1, 0.15) is 16.8 Å². The average molecular weight is 551 g/mol. The lowest BCUT2D eigenvalue weighted by molar-refractivity contribution is -0.716. The Morgan fingerprint density at radius 3 is 2.24 bits per heavy atom. The lowest BCUT2D eigenvalue weighted by atomic mass is 9.74. The van der Waals surface area contributed by atoms with Crippen molar-refractivity contribution >= 4 is 27.7 Å². The second-order valence-corrected chi connectivity index (χ2v) is 12.4. The highest BCUT2D eigenvalue weighted by Gasteiger charge is 2.59. The number of ether oxygens (including phenoxy) is 1. The normalized spacial score (nSPS) is 26.6. The van der Waals surface area contributed by atoms with E-state index >= 15 is 0 Å². The molecule has 0 aromatic heterocycles. The van der Waals surface area contributed by atoms with Crippen LogP contribution in [-0.2, 0) is 19.6 Å². The van der Waals surface area contributed by atoms with Crippen LogP contribution < -0.4 is 5.32 Å². The van der Waals surface area contributed by atoms with Gasteiger partial charge in [-0.2, -0.15) is 4.31 Å². The molecule has 38 heavy (non-hydrogen) atoms. The van der Waals surface area contributed by atoms with Crippen molar-refractivity contribution in [3.05, 3.63) is 29.2 Å². The minimum Gasteiger partial charge on any atom is -0.453 e. The molecule has 3 aliphatic heterocycles. The maximum absolute atomic E-state index is 13.3. The Morgan fingerprint density at radius 1 is 1.05 bits per heavy atom. The zero-order valence-electron chi connectivity index (χ0n) is 22.7. The molecule has 3 saturated heterocycles. The third kappa shape index (κ3) is 5.38. The molecule has 0 spiro atoms. The Balaban J connectivity index is 1.39. The molecule has 1 N–H and O–H groups in total. The highest BCUT2D eigenvalue weighted by molar-refractivity contribution is 7.89. The molecule has 210 valence electrons. The zero-order chi connectivity index (χ0) is 27.6. The van der Waals surface area contributed by atoms with E-state index in [0.29, 0.717) is 50.2 Å². The lowest BCUT2D eigenvalue weighted by Crippen LogP contribution is -2.49. The number of fused-ring (bicyclic) bond motifs is 1. The molecule has 0 saturated carbocycles. The van der Waals surface area contributed by atoms with Crippen LogP contribution in [0.1, 0.15) is 46.5 Å². The number of carbonyl (C=O) groups excluding carboxylic acids is 2. The third-order valence-electron chi connectivity index (χ3n) is 8.64. The van der Waals surface area contributed by atoms with Gasteiger partial charge in [0.25, 0.3) is 0 Å². The van der Waals surface area contributed by atoms with Crippen LogP contribution in [0.4, 0.5) is 10.5 Å². The maximum atomic E-state index is 13.3. The van der Waals surface area contributed by atoms with Crippen molar-refractivity contribution in [1.29, 1.82) is 0 Å². The molecule has 4 rings (SSSR count). The summed E-state index contributed by atoms with van der Waals surface area (Å²) in [7, 11) is -2.39. The Labute approximate surface area is 225 Å². The number of hydrazine groups is 1. The smallest absolute Gasteiger partial charge is 0.411 e. The number of sulfonamides is 1. The van der Waals surface area contributed by atoms with Gasteiger partial charge in [-0.15, -0.1) is 5.01 Å². The van der Waals surface area contributed by atoms with Gasteiger partial charge < -0.3 is 9.64 Å². The van der Waals surface area contributed by atoms with Gasteiger partial charge in [0.05, 0.1) is 23.5 Å². The summed E-state index contributed by atoms with van der Waals surface area (Å²) in [6.07, 6.45) is 2.55. The minimum atomic E-state index is -3.65. The van der Waals surface area contributed by atoms with Crippen LogP contribution in [0.3, 0.4) is 0 Å². The zero-order valence-corrected chi connectivity index (χ0v) is 23.5. The van der Waals surface area contributed by atoms with Gasteiger partial charge in [-0.25, -0.2) is 13.2 Å². The van der Waals surface area contributed by atoms with Crippen LogP contribution in [-0.4, -0.2) is 91.4 Å². The van der Waals surface area contributed by atoms with E-state index in [4.69, 9.17) is 0 Å². The summed E-state index contributed by atoms with van der Waals surface area (Å²) in [5.74, 6) is 0.434. The van der Waals surface area contributed by atoms with Gasteiger partial charge in [0.15, 0.2) is 0 Å². The van der Waals surface area contributed by atoms with Crippen molar-refractivity contribution in [3.63, 3.8) is 0 Å². The fourth-order valence-electron chi connectivity index (χ4n) is 6.44. The quantitative estimate of drug-likeness (QED) is 0.519. The predicted molar refractivity (Wildman–Crippen MR) is 142 cm³/mol. The molecule has 3 heterocycles. The molecule has 3 aliphatic rings. The molecule has 1 aromatic rings. The van der Waals surface area contributed by atoms with Crippen LogP contribution in [0, 0.1) is 22.7 Å². The van der Waals surface area contributed by atoms with Gasteiger partial charge in [-0.05, 0) is 75.6 Å². The molecule has 4 atom stereocenters. The summed E-state index contributed by atoms with van der Waals surface area (Å²) in [5.41, 5.74) is 0.455. The van der Waals surface area contributed by atoms with Crippen molar-refractivity contribution < 1.29 is 27.6 Å². The number of amides is 2. The van der Waals surface area contributed by atoms with Crippen molar-refractivity contribution in [3.8, 4) is 0 Å². The van der Waals surface area contributed by atoms with E-state index in [1.54, 1.807) is 12.1 Å². The number of carbonyl (C=O) groups is 2. The number of anilines is 1. The first-order valence-electron chi connectivity index (χ1n) is 13.6. The van der Waals surface area contributed by atoms with Crippen molar-refractivity contribution in [1.82, 2.24) is 14.2 Å². The standard InChI is InChI=1S/C26H39N5O6S/c1-5-28(6-2)25(32)24-18(3)31(34)30-16-13-20(17-23(24)30)19-11-14-29(15-12-19)38(35,36)22-9-7-21(8-10-22)27-26(33)37-4/h7-10,18-20,23-24H,5-6,11-17H2,1-4H3/p+1. The monoisotopic (exact) mass is 550 g/mol. The summed E-state index contributed by atoms with van der Waals surface area (Å²) >= 11 is 0. The summed E-state index contributed by atoms with van der Waals surface area (Å²) < 4.78 is 32.6. The van der Waals surface area contributed by atoms with Crippen LogP contribution in [0.15, 0.2) is 29.2 Å². The first-order chi connectivity index (χ1) is 18.1. The molecule has 11 nitrogen and oxygen atoms in total. The van der Waals surface area contributed by atoms with E-state index in [-0.39, 0.29) is 28.8 Å². The van der Waals surface area contributed by atoms with E-state index in [1.165, 1.54) is 23.5 Å². The van der Waals surface area contributed by atoms with Gasteiger partial charge in [-0.3, -0.25) is 10.1 Å². The van der Waals surface area contributed by atoms with Crippen LogP contribution in [0.25, 0.3) is 0 Å². The molecule has 4 unspecified atom stereocenters. The van der Waals surface area contributed by atoms with Gasteiger partial charge in [0.2, 0.25) is 22.0 Å². The second kappa shape index (κ2) is 11.6. The Hall–Kier alpha value is -2.73. The first kappa shape index (κ1) is 28.3. The van der Waals surface area contributed by atoms with Crippen molar-refractivity contribution in [2.24, 2.45) is 17.8 Å². The van der Waals surface area contributed by atoms with Crippen LogP contribution in [0.5, 0.6) is 0 Å². The molecular formula is C26H40N5O6S+. The van der Waals surface area contributed by atoms with Crippen LogP contribution in [0.2, 0.25) is 0 Å². The number of nitrogens with one attached hydrogen (secondary N) is 1. The van der Waals surface area contributed by atoms with Crippen LogP contribution >= 0.6 is 0 Å². The minimum absolute atomic E-state index is 0.0604. The lowest BCUT2D eigenvalue weighted by Gasteiger charge is -2.40. The number of benzene rings is 1. The summed E-state index contributed by atoms with van der Waals surface area (Å²) in [6.45, 7) is 8.55. The highest BCUT2D eigenvalue weighted by Crippen LogP contribution is 2.42. The molecule has 0 radical (unpaired) electrons. The van der Waals surface area contributed by atoms with Gasteiger partial charge in [-0.1, -0.05) is 0 Å². The topological polar surface area (TPSA) is 119 Å². The number of hydrogen-bond donors (Lipinski definition) is 1. The van der Waals surface area contributed by atoms with Crippen molar-refractivity contribution in [2.45, 2.75) is 63.4 Å². The predicted octanol–water partition coefficient (Wildman–Crippen LogP) is 2.93. The molecule has 3 fully saturated rings. The van der Waals surface area contributed by atoms with Gasteiger partial charge in [0, 0.05) is 38.8 Å². The highest BCUT2D eigenvalue weighted by atomic mass is 32.2. The average Bonchev–Trinajstić information content (AvgIpc) is 3.18. The molecule has 1 aromatic carbocycles. The third-order valence-corrected chi connectivity index (χ3v) is 10.6. The van der Waals surface area contributed by atoms with E-state index in [0.717, 1.165) is 30.6 Å². The van der Waals surface area contributed by atoms with Crippen molar-refractivity contribution in [2.75, 3.05) is 45.2 Å². The number of rotatable bonds is 7. The van der Waals surface area contributed by atoms with Gasteiger partial charge >= 0.3 is 6.09 Å². The number of methoxy groups -OCH3 is 1. The van der Waals surface area contributed by atoms with E-state index < -0.39 is 16.1 Å². The largest absolute Gasteiger partial charge is 0.453 e. The number of piperidine rings is 2. The second-order valence-electron chi connectivity index (χ2n) is 10.5. The molecule has 2 amide bonds. The SMILES string of the molecule is CCN(CC)C(=O)C1C2CC(C3CCN(S(=O)(=O)c4ccc(NC(=O)OC)cc4)CC3)CCN2[N+](=O)C1C. The Bertz CT molecular complexity index is 1130. The summed E-state index contributed by atoms with van der Waals surface area (Å²) in [4.78, 5) is 40.6. The number of hydrogen-bond acceptors (Lipinski definition) is 6. The fraction of sp³-hybridized carbons (Fsp3) is 0.692. The summed E-state index contributed by atoms with van der Waals surface area (Å²) in [5, 5.41) is 4.37. The number of nitrogens with zero attached hydrogens (tertiary/aromatic N) is 4.